The van der Waals surface area contributed by atoms with E-state index in [0.717, 1.165) is 6.54 Å². The quantitative estimate of drug-likeness (QED) is 0.831. The molecular formula is C11H20N4O. The Kier molecular flexibility index (Phi) is 4.49. The summed E-state index contributed by atoms with van der Waals surface area (Å²) in [5.41, 5.74) is 0. The second-order valence-electron chi connectivity index (χ2n) is 4.53. The number of imidazole rings is 1. The molecule has 1 aromatic rings. The Hall–Kier alpha value is -1.36. The first kappa shape index (κ1) is 12.7. The van der Waals surface area contributed by atoms with Gasteiger partial charge in [0.25, 0.3) is 0 Å². The summed E-state index contributed by atoms with van der Waals surface area (Å²) in [5, 5.41) is 2.99. The van der Waals surface area contributed by atoms with Crippen LogP contribution >= 0.6 is 0 Å². The van der Waals surface area contributed by atoms with Crippen LogP contribution in [0.1, 0.15) is 13.8 Å². The average Bonchev–Trinajstić information content (AvgIpc) is 2.68. The maximum absolute atomic E-state index is 11.8. The molecule has 16 heavy (non-hydrogen) atoms. The van der Waals surface area contributed by atoms with Crippen LogP contribution in [0, 0.1) is 5.92 Å². The third-order valence-corrected chi connectivity index (χ3v) is 2.41. The van der Waals surface area contributed by atoms with Gasteiger partial charge in [0.1, 0.15) is 6.33 Å². The van der Waals surface area contributed by atoms with Crippen molar-refractivity contribution in [2.75, 3.05) is 20.6 Å². The molecule has 0 bridgehead atoms. The van der Waals surface area contributed by atoms with Crippen molar-refractivity contribution in [3.8, 4) is 0 Å². The van der Waals surface area contributed by atoms with E-state index in [1.807, 2.05) is 14.1 Å². The van der Waals surface area contributed by atoms with Gasteiger partial charge in [-0.15, -0.1) is 0 Å². The fourth-order valence-electron chi connectivity index (χ4n) is 1.43. The van der Waals surface area contributed by atoms with E-state index in [2.05, 4.69) is 29.0 Å². The van der Waals surface area contributed by atoms with Gasteiger partial charge < -0.3 is 10.2 Å². The molecule has 0 spiro atoms. The highest BCUT2D eigenvalue weighted by Crippen LogP contribution is 2.03. The molecule has 0 fully saturated rings. The number of hydrogen-bond donors (Lipinski definition) is 1. The lowest BCUT2D eigenvalue weighted by atomic mass is 10.0. The Morgan fingerprint density at radius 1 is 1.50 bits per heavy atom. The summed E-state index contributed by atoms with van der Waals surface area (Å²) < 4.78 is 1.45. The molecule has 1 atom stereocenters. The molecule has 0 aromatic carbocycles. The molecule has 1 rings (SSSR count). The van der Waals surface area contributed by atoms with Gasteiger partial charge in [-0.05, 0) is 20.0 Å². The summed E-state index contributed by atoms with van der Waals surface area (Å²) in [5.74, 6) is 0.398. The van der Waals surface area contributed by atoms with Crippen LogP contribution in [0.2, 0.25) is 0 Å². The van der Waals surface area contributed by atoms with Crippen LogP contribution in [0.15, 0.2) is 18.7 Å². The average molecular weight is 224 g/mol. The van der Waals surface area contributed by atoms with Gasteiger partial charge in [-0.3, -0.25) is 4.57 Å². The van der Waals surface area contributed by atoms with Gasteiger partial charge in [0.2, 0.25) is 0 Å². The molecule has 0 aliphatic rings. The van der Waals surface area contributed by atoms with Crippen molar-refractivity contribution in [2.45, 2.75) is 19.9 Å². The van der Waals surface area contributed by atoms with E-state index < -0.39 is 0 Å². The molecule has 0 saturated heterocycles. The summed E-state index contributed by atoms with van der Waals surface area (Å²) in [6.45, 7) is 5.03. The molecule has 1 heterocycles. The second-order valence-corrected chi connectivity index (χ2v) is 4.53. The van der Waals surface area contributed by atoms with Gasteiger partial charge in [0.05, 0.1) is 0 Å². The maximum Gasteiger partial charge on any atom is 0.327 e. The Morgan fingerprint density at radius 2 is 2.19 bits per heavy atom. The molecule has 0 saturated carbocycles. The SMILES string of the molecule is CC(C)C(CN(C)C)NC(=O)n1ccnc1. The number of amides is 1. The van der Waals surface area contributed by atoms with Gasteiger partial charge in [0, 0.05) is 25.0 Å². The Labute approximate surface area is 96.5 Å². The van der Waals surface area contributed by atoms with Crippen molar-refractivity contribution in [3.05, 3.63) is 18.7 Å². The Balaban J connectivity index is 2.58. The van der Waals surface area contributed by atoms with Crippen molar-refractivity contribution in [3.63, 3.8) is 0 Å². The Morgan fingerprint density at radius 3 is 2.62 bits per heavy atom. The van der Waals surface area contributed by atoms with Gasteiger partial charge in [0.15, 0.2) is 0 Å². The molecule has 1 amide bonds. The zero-order valence-corrected chi connectivity index (χ0v) is 10.3. The van der Waals surface area contributed by atoms with Gasteiger partial charge in [-0.25, -0.2) is 9.78 Å². The summed E-state index contributed by atoms with van der Waals surface area (Å²) in [4.78, 5) is 17.7. The van der Waals surface area contributed by atoms with E-state index in [-0.39, 0.29) is 12.1 Å². The number of aromatic nitrogens is 2. The number of rotatable bonds is 4. The lowest BCUT2D eigenvalue weighted by Crippen LogP contribution is -2.46. The first-order valence-electron chi connectivity index (χ1n) is 5.44. The van der Waals surface area contributed by atoms with Crippen LogP contribution in [0.5, 0.6) is 0 Å². The summed E-state index contributed by atoms with van der Waals surface area (Å²) in [6, 6.07) is 0.0166. The predicted molar refractivity (Wildman–Crippen MR) is 63.3 cm³/mol. The van der Waals surface area contributed by atoms with Crippen molar-refractivity contribution >= 4 is 6.03 Å². The molecule has 0 radical (unpaired) electrons. The largest absolute Gasteiger partial charge is 0.333 e. The fraction of sp³-hybridized carbons (Fsp3) is 0.636. The van der Waals surface area contributed by atoms with Crippen LogP contribution in [0.3, 0.4) is 0 Å². The minimum Gasteiger partial charge on any atom is -0.333 e. The number of nitrogens with zero attached hydrogens (tertiary/aromatic N) is 3. The first-order chi connectivity index (χ1) is 7.50. The molecule has 1 aromatic heterocycles. The fourth-order valence-corrected chi connectivity index (χ4v) is 1.43. The molecule has 5 heteroatoms. The topological polar surface area (TPSA) is 50.2 Å². The normalized spacial score (nSPS) is 13.1. The maximum atomic E-state index is 11.8. The second kappa shape index (κ2) is 5.65. The van der Waals surface area contributed by atoms with Gasteiger partial charge in [-0.1, -0.05) is 13.8 Å². The van der Waals surface area contributed by atoms with E-state index in [0.29, 0.717) is 5.92 Å². The molecule has 5 nitrogen and oxygen atoms in total. The predicted octanol–water partition coefficient (Wildman–Crippen LogP) is 1.03. The van der Waals surface area contributed by atoms with E-state index >= 15 is 0 Å². The van der Waals surface area contributed by atoms with E-state index in [9.17, 15) is 4.79 Å². The smallest absolute Gasteiger partial charge is 0.327 e. The number of carbonyl (C=O) groups excluding carboxylic acids is 1. The summed E-state index contributed by atoms with van der Waals surface area (Å²) in [7, 11) is 4.00. The minimum atomic E-state index is -0.127. The van der Waals surface area contributed by atoms with Crippen LogP contribution in [0.25, 0.3) is 0 Å². The zero-order valence-electron chi connectivity index (χ0n) is 10.3. The van der Waals surface area contributed by atoms with Crippen LogP contribution in [0.4, 0.5) is 4.79 Å². The highest BCUT2D eigenvalue weighted by molar-refractivity contribution is 5.76. The number of likely N-dealkylation sites (N-methyl/N-ethyl adjacent to an activating group) is 1. The van der Waals surface area contributed by atoms with E-state index in [1.54, 1.807) is 12.4 Å². The molecular weight excluding hydrogens is 204 g/mol. The van der Waals surface area contributed by atoms with Crippen LogP contribution in [-0.4, -0.2) is 47.2 Å². The van der Waals surface area contributed by atoms with Crippen molar-refractivity contribution in [2.24, 2.45) is 5.92 Å². The van der Waals surface area contributed by atoms with Crippen molar-refractivity contribution in [1.82, 2.24) is 19.8 Å². The number of hydrogen-bond acceptors (Lipinski definition) is 3. The summed E-state index contributed by atoms with van der Waals surface area (Å²) >= 11 is 0. The van der Waals surface area contributed by atoms with Crippen LogP contribution in [-0.2, 0) is 0 Å². The third-order valence-electron chi connectivity index (χ3n) is 2.41. The number of carbonyl (C=O) groups is 1. The van der Waals surface area contributed by atoms with Gasteiger partial charge >= 0.3 is 6.03 Å². The Bertz CT molecular complexity index is 319. The third kappa shape index (κ3) is 3.66. The zero-order chi connectivity index (χ0) is 12.1. The van der Waals surface area contributed by atoms with Gasteiger partial charge in [-0.2, -0.15) is 0 Å². The molecule has 0 aliphatic heterocycles. The van der Waals surface area contributed by atoms with E-state index in [1.165, 1.54) is 10.9 Å². The van der Waals surface area contributed by atoms with Crippen LogP contribution < -0.4 is 5.32 Å². The highest BCUT2D eigenvalue weighted by atomic mass is 16.2. The standard InChI is InChI=1S/C11H20N4O/c1-9(2)10(7-14(3)4)13-11(16)15-6-5-12-8-15/h5-6,8-10H,7H2,1-4H3,(H,13,16). The summed E-state index contributed by atoms with van der Waals surface area (Å²) in [6.07, 6.45) is 4.74. The van der Waals surface area contributed by atoms with Crippen molar-refractivity contribution < 1.29 is 4.79 Å². The lowest BCUT2D eigenvalue weighted by Gasteiger charge is -2.25. The highest BCUT2D eigenvalue weighted by Gasteiger charge is 2.17. The minimum absolute atomic E-state index is 0.127. The van der Waals surface area contributed by atoms with E-state index in [4.69, 9.17) is 0 Å². The monoisotopic (exact) mass is 224 g/mol. The molecule has 1 unspecified atom stereocenters. The first-order valence-corrected chi connectivity index (χ1v) is 5.44. The van der Waals surface area contributed by atoms with Crippen molar-refractivity contribution in [1.29, 1.82) is 0 Å². The molecule has 90 valence electrons. The molecule has 1 N–H and O–H groups in total. The molecule has 0 aliphatic carbocycles. The number of nitrogens with one attached hydrogen (secondary N) is 1. The lowest BCUT2D eigenvalue weighted by molar-refractivity contribution is 0.226.